The van der Waals surface area contributed by atoms with Gasteiger partial charge in [-0.25, -0.2) is 13.4 Å². The highest BCUT2D eigenvalue weighted by atomic mass is 32.2. The number of sulfone groups is 1. The molecule has 2 fully saturated rings. The first kappa shape index (κ1) is 19.1. The monoisotopic (exact) mass is 403 g/mol. The van der Waals surface area contributed by atoms with Crippen LogP contribution in [0, 0.1) is 0 Å². The van der Waals surface area contributed by atoms with Crippen LogP contribution in [0.5, 0.6) is 0 Å². The Bertz CT molecular complexity index is 907. The highest BCUT2D eigenvalue weighted by Crippen LogP contribution is 2.43. The van der Waals surface area contributed by atoms with E-state index >= 15 is 0 Å². The molecule has 1 aromatic carbocycles. The molecule has 1 atom stereocenters. The van der Waals surface area contributed by atoms with Gasteiger partial charge in [-0.3, -0.25) is 9.59 Å². The number of benzene rings is 1. The molecule has 28 heavy (non-hydrogen) atoms. The molecule has 0 radical (unpaired) electrons. The molecule has 150 valence electrons. The first-order valence-electron chi connectivity index (χ1n) is 9.82. The Morgan fingerprint density at radius 3 is 2.57 bits per heavy atom. The van der Waals surface area contributed by atoms with E-state index in [4.69, 9.17) is 0 Å². The first-order valence-corrected chi connectivity index (χ1v) is 11.6. The second kappa shape index (κ2) is 7.31. The fourth-order valence-electron chi connectivity index (χ4n) is 4.30. The van der Waals surface area contributed by atoms with Gasteiger partial charge in [-0.1, -0.05) is 36.8 Å². The molecule has 3 aliphatic rings. The van der Waals surface area contributed by atoms with Crippen molar-refractivity contribution in [2.45, 2.75) is 50.0 Å². The van der Waals surface area contributed by atoms with Crippen molar-refractivity contribution in [1.82, 2.24) is 10.3 Å². The summed E-state index contributed by atoms with van der Waals surface area (Å²) in [6.07, 6.45) is 4.07. The molecule has 7 nitrogen and oxygen atoms in total. The second-order valence-corrected chi connectivity index (χ2v) is 10.3. The summed E-state index contributed by atoms with van der Waals surface area (Å²) in [5.41, 5.74) is 1.52. The number of carbonyl (C=O) groups excluding carboxylic acids is 2. The van der Waals surface area contributed by atoms with Crippen molar-refractivity contribution < 1.29 is 18.0 Å². The van der Waals surface area contributed by atoms with Gasteiger partial charge < -0.3 is 5.32 Å². The van der Waals surface area contributed by atoms with Crippen LogP contribution in [0.1, 0.15) is 44.1 Å². The molecule has 0 spiro atoms. The van der Waals surface area contributed by atoms with Crippen LogP contribution in [0.15, 0.2) is 35.4 Å². The Morgan fingerprint density at radius 2 is 1.96 bits per heavy atom. The number of rotatable bonds is 5. The van der Waals surface area contributed by atoms with Gasteiger partial charge >= 0.3 is 0 Å². The smallest absolute Gasteiger partial charge is 0.267 e. The standard InChI is InChI=1S/C20H25N3O4S/c24-18-8-7-17(22-23(18)16-9-12-28(26,27)13-16)19(25)21-14-20(10-4-11-20)15-5-2-1-3-6-15/h1-3,5-6,16H,4,7-14H2,(H,21,25)/t16-/m0/s1. The molecule has 2 heterocycles. The summed E-state index contributed by atoms with van der Waals surface area (Å²) in [7, 11) is -3.13. The zero-order valence-electron chi connectivity index (χ0n) is 15.8. The summed E-state index contributed by atoms with van der Waals surface area (Å²) < 4.78 is 23.5. The van der Waals surface area contributed by atoms with Crippen LogP contribution >= 0.6 is 0 Å². The van der Waals surface area contributed by atoms with Crippen molar-refractivity contribution in [2.24, 2.45) is 5.10 Å². The second-order valence-electron chi connectivity index (χ2n) is 8.02. The van der Waals surface area contributed by atoms with E-state index < -0.39 is 15.9 Å². The summed E-state index contributed by atoms with van der Waals surface area (Å²) in [6, 6.07) is 9.76. The Balaban J connectivity index is 1.44. The third-order valence-electron chi connectivity index (χ3n) is 6.16. The van der Waals surface area contributed by atoms with E-state index in [0.29, 0.717) is 25.1 Å². The number of hydrogen-bond donors (Lipinski definition) is 1. The SMILES string of the molecule is O=C(NCC1(c2ccccc2)CCC1)C1=NN([C@H]2CCS(=O)(=O)C2)C(=O)CC1. The van der Waals surface area contributed by atoms with Gasteiger partial charge in [0.2, 0.25) is 5.91 Å². The molecule has 2 aliphatic heterocycles. The average molecular weight is 404 g/mol. The summed E-state index contributed by atoms with van der Waals surface area (Å²) in [5.74, 6) is -0.481. The van der Waals surface area contributed by atoms with Crippen molar-refractivity contribution in [1.29, 1.82) is 0 Å². The van der Waals surface area contributed by atoms with Gasteiger partial charge in [0.05, 0.1) is 17.5 Å². The zero-order valence-corrected chi connectivity index (χ0v) is 16.6. The number of nitrogens with one attached hydrogen (secondary N) is 1. The van der Waals surface area contributed by atoms with E-state index in [1.54, 1.807) is 0 Å². The number of hydrazone groups is 1. The topological polar surface area (TPSA) is 95.9 Å². The maximum atomic E-state index is 12.7. The normalized spacial score (nSPS) is 25.7. The lowest BCUT2D eigenvalue weighted by Gasteiger charge is -2.42. The quantitative estimate of drug-likeness (QED) is 0.804. The van der Waals surface area contributed by atoms with Gasteiger partial charge in [0.1, 0.15) is 5.71 Å². The summed E-state index contributed by atoms with van der Waals surface area (Å²) >= 11 is 0. The molecule has 0 bridgehead atoms. The maximum Gasteiger partial charge on any atom is 0.267 e. The molecule has 8 heteroatoms. The van der Waals surface area contributed by atoms with E-state index in [1.807, 2.05) is 18.2 Å². The number of hydrogen-bond acceptors (Lipinski definition) is 5. The van der Waals surface area contributed by atoms with Crippen LogP contribution in [-0.4, -0.2) is 55.0 Å². The molecule has 1 saturated heterocycles. The van der Waals surface area contributed by atoms with Gasteiger partial charge in [0, 0.05) is 24.8 Å². The Kier molecular flexibility index (Phi) is 4.99. The predicted molar refractivity (Wildman–Crippen MR) is 106 cm³/mol. The van der Waals surface area contributed by atoms with Crippen LogP contribution in [-0.2, 0) is 24.8 Å². The van der Waals surface area contributed by atoms with E-state index in [1.165, 1.54) is 10.6 Å². The molecular weight excluding hydrogens is 378 g/mol. The zero-order chi connectivity index (χ0) is 19.8. The van der Waals surface area contributed by atoms with E-state index in [-0.39, 0.29) is 35.2 Å². The van der Waals surface area contributed by atoms with Crippen LogP contribution in [0.2, 0.25) is 0 Å². The van der Waals surface area contributed by atoms with Crippen molar-refractivity contribution in [3.63, 3.8) is 0 Å². The van der Waals surface area contributed by atoms with Crippen LogP contribution in [0.3, 0.4) is 0 Å². The minimum absolute atomic E-state index is 0.0266. The molecule has 4 rings (SSSR count). The highest BCUT2D eigenvalue weighted by molar-refractivity contribution is 7.91. The lowest BCUT2D eigenvalue weighted by atomic mass is 9.64. The third-order valence-corrected chi connectivity index (χ3v) is 7.91. The van der Waals surface area contributed by atoms with Gasteiger partial charge in [0.15, 0.2) is 9.84 Å². The van der Waals surface area contributed by atoms with E-state index in [9.17, 15) is 18.0 Å². The van der Waals surface area contributed by atoms with Crippen molar-refractivity contribution >= 4 is 27.4 Å². The van der Waals surface area contributed by atoms with Crippen LogP contribution in [0.25, 0.3) is 0 Å². The molecule has 0 unspecified atom stereocenters. The molecule has 1 aromatic rings. The summed E-state index contributed by atoms with van der Waals surface area (Å²) in [4.78, 5) is 24.9. The molecule has 0 aromatic heterocycles. The maximum absolute atomic E-state index is 12.7. The average Bonchev–Trinajstić information content (AvgIpc) is 3.01. The predicted octanol–water partition coefficient (Wildman–Crippen LogP) is 1.39. The summed E-state index contributed by atoms with van der Waals surface area (Å²) in [5, 5.41) is 8.50. The molecule has 1 saturated carbocycles. The van der Waals surface area contributed by atoms with Crippen molar-refractivity contribution in [3.8, 4) is 0 Å². The van der Waals surface area contributed by atoms with Gasteiger partial charge in [-0.2, -0.15) is 5.10 Å². The molecule has 1 aliphatic carbocycles. The fourth-order valence-corrected chi connectivity index (χ4v) is 5.99. The Morgan fingerprint density at radius 1 is 1.21 bits per heavy atom. The largest absolute Gasteiger partial charge is 0.350 e. The third kappa shape index (κ3) is 3.70. The molecular formula is C20H25N3O4S. The minimum Gasteiger partial charge on any atom is -0.350 e. The van der Waals surface area contributed by atoms with E-state index in [2.05, 4.69) is 22.6 Å². The number of nitrogens with zero attached hydrogens (tertiary/aromatic N) is 2. The van der Waals surface area contributed by atoms with Gasteiger partial charge in [0.25, 0.3) is 5.91 Å². The van der Waals surface area contributed by atoms with Crippen molar-refractivity contribution in [3.05, 3.63) is 35.9 Å². The summed E-state index contributed by atoms with van der Waals surface area (Å²) in [6.45, 7) is 0.542. The molecule has 1 N–H and O–H groups in total. The Hall–Kier alpha value is -2.22. The van der Waals surface area contributed by atoms with Crippen LogP contribution < -0.4 is 5.32 Å². The lowest BCUT2D eigenvalue weighted by Crippen LogP contribution is -2.49. The molecule has 2 amide bonds. The number of amides is 2. The van der Waals surface area contributed by atoms with Gasteiger partial charge in [-0.05, 0) is 24.8 Å². The first-order chi connectivity index (χ1) is 13.4. The number of carbonyl (C=O) groups is 2. The fraction of sp³-hybridized carbons (Fsp3) is 0.550. The van der Waals surface area contributed by atoms with Gasteiger partial charge in [-0.15, -0.1) is 0 Å². The Labute approximate surface area is 165 Å². The van der Waals surface area contributed by atoms with E-state index in [0.717, 1.165) is 19.3 Å². The van der Waals surface area contributed by atoms with Crippen molar-refractivity contribution in [2.75, 3.05) is 18.1 Å². The minimum atomic E-state index is -3.13. The lowest BCUT2D eigenvalue weighted by molar-refractivity contribution is -0.133. The van der Waals surface area contributed by atoms with Crippen LogP contribution in [0.4, 0.5) is 0 Å². The highest BCUT2D eigenvalue weighted by Gasteiger charge is 2.40.